The van der Waals surface area contributed by atoms with Crippen molar-refractivity contribution in [3.8, 4) is 90.8 Å². The average molecular weight is 842 g/mol. The Balaban J connectivity index is 1.12. The van der Waals surface area contributed by atoms with Gasteiger partial charge < -0.3 is 4.42 Å². The van der Waals surface area contributed by atoms with Crippen LogP contribution < -0.4 is 0 Å². The SMILES string of the molecule is N#Cc1ccc(-c2ccc3c(c2)C(c2ccc(-c4ccc5oc6ccccc6c5c4)cc2-c2nc(-c4ccccc4)nc(-c4ccccc4)n2)c2cc(-c4ccc(C#N)cc4)ccc2-3)cc1. The van der Waals surface area contributed by atoms with Gasteiger partial charge in [0.2, 0.25) is 0 Å². The lowest BCUT2D eigenvalue weighted by Gasteiger charge is -2.21. The first-order valence-corrected chi connectivity index (χ1v) is 21.8. The zero-order valence-electron chi connectivity index (χ0n) is 35.4. The highest BCUT2D eigenvalue weighted by Crippen LogP contribution is 2.52. The summed E-state index contributed by atoms with van der Waals surface area (Å²) in [6.45, 7) is 0. The minimum absolute atomic E-state index is 0.229. The first kappa shape index (κ1) is 38.4. The van der Waals surface area contributed by atoms with E-state index in [9.17, 15) is 10.5 Å². The highest BCUT2D eigenvalue weighted by atomic mass is 16.3. The molecule has 0 aliphatic heterocycles. The molecule has 0 amide bonds. The summed E-state index contributed by atoms with van der Waals surface area (Å²) in [5, 5.41) is 21.3. The van der Waals surface area contributed by atoms with Gasteiger partial charge in [-0.3, -0.25) is 0 Å². The van der Waals surface area contributed by atoms with E-state index in [1.54, 1.807) is 0 Å². The van der Waals surface area contributed by atoms with Crippen LogP contribution in [-0.2, 0) is 0 Å². The summed E-state index contributed by atoms with van der Waals surface area (Å²) in [6, 6.07) is 74.9. The Bertz CT molecular complexity index is 3600. The van der Waals surface area contributed by atoms with Gasteiger partial charge in [-0.25, -0.2) is 15.0 Å². The normalized spacial score (nSPS) is 11.8. The second-order valence-corrected chi connectivity index (χ2v) is 16.6. The molecule has 11 aromatic rings. The zero-order chi connectivity index (χ0) is 44.1. The molecule has 6 heteroatoms. The van der Waals surface area contributed by atoms with Gasteiger partial charge in [-0.05, 0) is 122 Å². The Labute approximate surface area is 381 Å². The van der Waals surface area contributed by atoms with Crippen LogP contribution in [0.2, 0.25) is 0 Å². The molecule has 0 radical (unpaired) electrons. The lowest BCUT2D eigenvalue weighted by atomic mass is 9.83. The molecule has 12 rings (SSSR count). The number of rotatable bonds is 7. The second-order valence-electron chi connectivity index (χ2n) is 16.6. The molecule has 0 atom stereocenters. The van der Waals surface area contributed by atoms with E-state index in [0.29, 0.717) is 28.6 Å². The van der Waals surface area contributed by atoms with Crippen molar-refractivity contribution in [3.05, 3.63) is 234 Å². The van der Waals surface area contributed by atoms with Crippen molar-refractivity contribution < 1.29 is 4.42 Å². The summed E-state index contributed by atoms with van der Waals surface area (Å²) in [6.07, 6.45) is 0. The minimum Gasteiger partial charge on any atom is -0.456 e. The van der Waals surface area contributed by atoms with E-state index in [2.05, 4.69) is 91.0 Å². The summed E-state index contributed by atoms with van der Waals surface area (Å²) >= 11 is 0. The Morgan fingerprint density at radius 2 is 0.788 bits per heavy atom. The van der Waals surface area contributed by atoms with Crippen molar-refractivity contribution in [1.29, 1.82) is 10.5 Å². The molecule has 6 nitrogen and oxygen atoms in total. The first-order chi connectivity index (χ1) is 32.6. The van der Waals surface area contributed by atoms with Crippen LogP contribution in [0.4, 0.5) is 0 Å². The Hall–Kier alpha value is -9.23. The molecule has 66 heavy (non-hydrogen) atoms. The summed E-state index contributed by atoms with van der Waals surface area (Å²) in [5.41, 5.74) is 17.5. The number of benzene rings is 9. The van der Waals surface area contributed by atoms with E-state index < -0.39 is 0 Å². The van der Waals surface area contributed by atoms with Crippen molar-refractivity contribution in [2.75, 3.05) is 0 Å². The smallest absolute Gasteiger partial charge is 0.164 e. The quantitative estimate of drug-likeness (QED) is 0.158. The lowest BCUT2D eigenvalue weighted by molar-refractivity contribution is 0.669. The topological polar surface area (TPSA) is 99.4 Å². The monoisotopic (exact) mass is 841 g/mol. The standard InChI is InChI=1S/C60H35N5O/c61-35-37-15-19-39(20-16-37)43-23-27-47-48-28-24-44(40-21-17-38(36-62)18-22-40)33-53(48)57(52(47)32-43)50-29-25-45(46-26-30-56-51(31-46)49-13-7-8-14-55(49)66-56)34-54(50)60-64-58(41-9-3-1-4-10-41)63-59(65-60)42-11-5-2-6-12-42/h1-34,57H. The predicted octanol–water partition coefficient (Wildman–Crippen LogP) is 14.7. The molecule has 1 aliphatic rings. The van der Waals surface area contributed by atoms with E-state index in [4.69, 9.17) is 19.4 Å². The summed E-state index contributed by atoms with van der Waals surface area (Å²) in [7, 11) is 0. The number of nitriles is 2. The van der Waals surface area contributed by atoms with E-state index in [0.717, 1.165) is 99.8 Å². The molecule has 9 aromatic carbocycles. The Kier molecular flexibility index (Phi) is 9.23. The lowest BCUT2D eigenvalue weighted by Crippen LogP contribution is -2.06. The van der Waals surface area contributed by atoms with Crippen LogP contribution >= 0.6 is 0 Å². The number of hydrogen-bond acceptors (Lipinski definition) is 6. The number of para-hydroxylation sites is 1. The molecule has 0 spiro atoms. The van der Waals surface area contributed by atoms with Gasteiger partial charge in [0.1, 0.15) is 11.2 Å². The van der Waals surface area contributed by atoms with Gasteiger partial charge >= 0.3 is 0 Å². The van der Waals surface area contributed by atoms with Crippen LogP contribution in [0.3, 0.4) is 0 Å². The number of fused-ring (bicyclic) bond motifs is 6. The molecule has 0 N–H and O–H groups in total. The third kappa shape index (κ3) is 6.70. The summed E-state index contributed by atoms with van der Waals surface area (Å²) < 4.78 is 6.25. The number of furan rings is 1. The van der Waals surface area contributed by atoms with Crippen molar-refractivity contribution in [2.45, 2.75) is 5.92 Å². The molecular weight excluding hydrogens is 807 g/mol. The molecule has 2 heterocycles. The highest BCUT2D eigenvalue weighted by molar-refractivity contribution is 6.06. The van der Waals surface area contributed by atoms with Crippen molar-refractivity contribution in [2.24, 2.45) is 0 Å². The number of hydrogen-bond donors (Lipinski definition) is 0. The fourth-order valence-corrected chi connectivity index (χ4v) is 9.45. The largest absolute Gasteiger partial charge is 0.456 e. The van der Waals surface area contributed by atoms with Crippen molar-refractivity contribution in [3.63, 3.8) is 0 Å². The van der Waals surface area contributed by atoms with Gasteiger partial charge in [-0.15, -0.1) is 0 Å². The molecular formula is C60H35N5O. The number of nitrogens with zero attached hydrogens (tertiary/aromatic N) is 5. The van der Waals surface area contributed by atoms with Crippen LogP contribution in [0.5, 0.6) is 0 Å². The maximum Gasteiger partial charge on any atom is 0.164 e. The zero-order valence-corrected chi connectivity index (χ0v) is 35.4. The Morgan fingerprint density at radius 3 is 1.36 bits per heavy atom. The molecule has 0 bridgehead atoms. The van der Waals surface area contributed by atoms with Crippen molar-refractivity contribution >= 4 is 21.9 Å². The molecule has 2 aromatic heterocycles. The fraction of sp³-hybridized carbons (Fsp3) is 0.0167. The molecule has 306 valence electrons. The predicted molar refractivity (Wildman–Crippen MR) is 262 cm³/mol. The van der Waals surface area contributed by atoms with Gasteiger partial charge in [-0.2, -0.15) is 10.5 Å². The van der Waals surface area contributed by atoms with Crippen LogP contribution in [0.15, 0.2) is 211 Å². The molecule has 0 saturated carbocycles. The molecule has 0 unspecified atom stereocenters. The number of aromatic nitrogens is 3. The van der Waals surface area contributed by atoms with E-state index in [1.807, 2.05) is 127 Å². The van der Waals surface area contributed by atoms with Crippen LogP contribution in [-0.4, -0.2) is 15.0 Å². The van der Waals surface area contributed by atoms with Crippen LogP contribution in [0, 0.1) is 22.7 Å². The van der Waals surface area contributed by atoms with Crippen LogP contribution in [0.25, 0.3) is 101 Å². The first-order valence-electron chi connectivity index (χ1n) is 21.8. The second kappa shape index (κ2) is 15.8. The highest BCUT2D eigenvalue weighted by Gasteiger charge is 2.33. The maximum absolute atomic E-state index is 9.59. The van der Waals surface area contributed by atoms with Crippen molar-refractivity contribution in [1.82, 2.24) is 15.0 Å². The van der Waals surface area contributed by atoms with Gasteiger partial charge in [0.25, 0.3) is 0 Å². The third-order valence-electron chi connectivity index (χ3n) is 12.7. The van der Waals surface area contributed by atoms with Gasteiger partial charge in [0.05, 0.1) is 23.3 Å². The Morgan fingerprint density at radius 1 is 0.333 bits per heavy atom. The fourth-order valence-electron chi connectivity index (χ4n) is 9.45. The molecule has 1 aliphatic carbocycles. The van der Waals surface area contributed by atoms with E-state index >= 15 is 0 Å². The van der Waals surface area contributed by atoms with Crippen LogP contribution in [0.1, 0.15) is 33.7 Å². The summed E-state index contributed by atoms with van der Waals surface area (Å²) in [5.74, 6) is 1.50. The molecule has 0 fully saturated rings. The van der Waals surface area contributed by atoms with E-state index in [1.165, 1.54) is 0 Å². The minimum atomic E-state index is -0.229. The average Bonchev–Trinajstić information content (AvgIpc) is 3.93. The summed E-state index contributed by atoms with van der Waals surface area (Å²) in [4.78, 5) is 15.7. The van der Waals surface area contributed by atoms with E-state index in [-0.39, 0.29) is 5.92 Å². The third-order valence-corrected chi connectivity index (χ3v) is 12.7. The van der Waals surface area contributed by atoms with Gasteiger partial charge in [0, 0.05) is 33.4 Å². The maximum atomic E-state index is 9.59. The molecule has 0 saturated heterocycles. The van der Waals surface area contributed by atoms with Gasteiger partial charge in [-0.1, -0.05) is 146 Å². The van der Waals surface area contributed by atoms with Gasteiger partial charge in [0.15, 0.2) is 17.5 Å².